The van der Waals surface area contributed by atoms with Crippen LogP contribution in [0.1, 0.15) is 27.5 Å². The van der Waals surface area contributed by atoms with Crippen molar-refractivity contribution in [1.29, 1.82) is 0 Å². The van der Waals surface area contributed by atoms with Gasteiger partial charge >= 0.3 is 0 Å². The van der Waals surface area contributed by atoms with Crippen molar-refractivity contribution in [2.24, 2.45) is 0 Å². The molecule has 0 fully saturated rings. The SMILES string of the molecule is Cc1nn(-c2ncc(NC(=O)c3ccno3)cn2)c(C)c1C. The minimum atomic E-state index is -0.407. The molecule has 0 aliphatic heterocycles. The van der Waals surface area contributed by atoms with E-state index in [4.69, 9.17) is 4.52 Å². The largest absolute Gasteiger partial charge is 0.351 e. The number of hydrogen-bond donors (Lipinski definition) is 1. The quantitative estimate of drug-likeness (QED) is 0.792. The van der Waals surface area contributed by atoms with Crippen LogP contribution in [0.25, 0.3) is 5.95 Å². The summed E-state index contributed by atoms with van der Waals surface area (Å²) in [5.41, 5.74) is 3.48. The number of nitrogens with zero attached hydrogens (tertiary/aromatic N) is 5. The maximum absolute atomic E-state index is 11.8. The zero-order valence-electron chi connectivity index (χ0n) is 12.4. The van der Waals surface area contributed by atoms with Crippen LogP contribution in [-0.4, -0.2) is 30.8 Å². The topological polar surface area (TPSA) is 98.7 Å². The van der Waals surface area contributed by atoms with Crippen LogP contribution in [0.5, 0.6) is 0 Å². The monoisotopic (exact) mass is 298 g/mol. The number of aromatic nitrogens is 5. The smallest absolute Gasteiger partial charge is 0.294 e. The molecule has 8 nitrogen and oxygen atoms in total. The van der Waals surface area contributed by atoms with Crippen molar-refractivity contribution in [3.8, 4) is 5.95 Å². The minimum absolute atomic E-state index is 0.123. The van der Waals surface area contributed by atoms with Gasteiger partial charge in [0.2, 0.25) is 5.76 Å². The molecule has 1 N–H and O–H groups in total. The summed E-state index contributed by atoms with van der Waals surface area (Å²) in [5.74, 6) is 0.167. The maximum atomic E-state index is 11.8. The molecule has 0 unspecified atom stereocenters. The third-order valence-electron chi connectivity index (χ3n) is 3.40. The van der Waals surface area contributed by atoms with Crippen LogP contribution >= 0.6 is 0 Å². The predicted molar refractivity (Wildman–Crippen MR) is 77.8 cm³/mol. The summed E-state index contributed by atoms with van der Waals surface area (Å²) in [6.45, 7) is 5.89. The highest BCUT2D eigenvalue weighted by Crippen LogP contribution is 2.15. The Morgan fingerprint density at radius 1 is 1.23 bits per heavy atom. The Morgan fingerprint density at radius 3 is 2.50 bits per heavy atom. The molecule has 22 heavy (non-hydrogen) atoms. The van der Waals surface area contributed by atoms with Gasteiger partial charge in [-0.15, -0.1) is 0 Å². The number of rotatable bonds is 3. The van der Waals surface area contributed by atoms with Crippen LogP contribution < -0.4 is 5.32 Å². The Bertz CT molecular complexity index is 805. The highest BCUT2D eigenvalue weighted by molar-refractivity contribution is 6.01. The predicted octanol–water partition coefficient (Wildman–Crippen LogP) is 1.83. The summed E-state index contributed by atoms with van der Waals surface area (Å²) in [6.07, 6.45) is 4.43. The molecule has 1 amide bonds. The summed E-state index contributed by atoms with van der Waals surface area (Å²) in [7, 11) is 0. The lowest BCUT2D eigenvalue weighted by Crippen LogP contribution is -2.12. The van der Waals surface area contributed by atoms with E-state index in [-0.39, 0.29) is 5.76 Å². The van der Waals surface area contributed by atoms with Gasteiger partial charge in [0, 0.05) is 11.8 Å². The fourth-order valence-corrected chi connectivity index (χ4v) is 1.94. The van der Waals surface area contributed by atoms with Crippen LogP contribution in [0, 0.1) is 20.8 Å². The Labute approximate surface area is 126 Å². The van der Waals surface area contributed by atoms with Crippen molar-refractivity contribution in [2.45, 2.75) is 20.8 Å². The Hall–Kier alpha value is -3.03. The second-order valence-corrected chi connectivity index (χ2v) is 4.81. The molecule has 3 aromatic heterocycles. The maximum Gasteiger partial charge on any atom is 0.294 e. The van der Waals surface area contributed by atoms with Gasteiger partial charge in [-0.2, -0.15) is 5.10 Å². The van der Waals surface area contributed by atoms with E-state index in [1.807, 2.05) is 20.8 Å². The number of amides is 1. The highest BCUT2D eigenvalue weighted by Gasteiger charge is 2.13. The lowest BCUT2D eigenvalue weighted by molar-refractivity contribution is 0.0988. The third kappa shape index (κ3) is 2.46. The summed E-state index contributed by atoms with van der Waals surface area (Å²) < 4.78 is 6.45. The average molecular weight is 298 g/mol. The second-order valence-electron chi connectivity index (χ2n) is 4.81. The summed E-state index contributed by atoms with van der Waals surface area (Å²) in [5, 5.41) is 10.5. The Balaban J connectivity index is 1.81. The molecular formula is C14H14N6O2. The molecule has 3 heterocycles. The van der Waals surface area contributed by atoms with E-state index in [1.165, 1.54) is 24.7 Å². The summed E-state index contributed by atoms with van der Waals surface area (Å²) in [6, 6.07) is 1.48. The highest BCUT2D eigenvalue weighted by atomic mass is 16.5. The molecule has 0 aromatic carbocycles. The van der Waals surface area contributed by atoms with Gasteiger partial charge in [0.1, 0.15) is 0 Å². The van der Waals surface area contributed by atoms with Gasteiger partial charge in [0.05, 0.1) is 30.0 Å². The third-order valence-corrected chi connectivity index (χ3v) is 3.40. The lowest BCUT2D eigenvalue weighted by Gasteiger charge is -2.05. The molecule has 0 spiro atoms. The van der Waals surface area contributed by atoms with Gasteiger partial charge in [-0.25, -0.2) is 14.6 Å². The molecule has 0 saturated heterocycles. The van der Waals surface area contributed by atoms with Crippen molar-refractivity contribution < 1.29 is 9.32 Å². The first kappa shape index (κ1) is 13.9. The van der Waals surface area contributed by atoms with E-state index in [0.717, 1.165) is 17.0 Å². The molecule has 3 aromatic rings. The second kappa shape index (κ2) is 5.40. The number of hydrogen-bond acceptors (Lipinski definition) is 6. The first-order chi connectivity index (χ1) is 10.6. The average Bonchev–Trinajstić information content (AvgIpc) is 3.13. The van der Waals surface area contributed by atoms with Crippen molar-refractivity contribution >= 4 is 11.6 Å². The molecular weight excluding hydrogens is 284 g/mol. The lowest BCUT2D eigenvalue weighted by atomic mass is 10.2. The molecule has 8 heteroatoms. The molecule has 112 valence electrons. The van der Waals surface area contributed by atoms with Gasteiger partial charge < -0.3 is 9.84 Å². The van der Waals surface area contributed by atoms with Crippen molar-refractivity contribution in [3.63, 3.8) is 0 Å². The van der Waals surface area contributed by atoms with Crippen LogP contribution in [-0.2, 0) is 0 Å². The van der Waals surface area contributed by atoms with Gasteiger partial charge in [-0.05, 0) is 26.3 Å². The van der Waals surface area contributed by atoms with E-state index < -0.39 is 5.91 Å². The standard InChI is InChI=1S/C14H14N6O2/c1-8-9(2)19-20(10(8)3)14-15-6-11(7-16-14)18-13(21)12-4-5-17-22-12/h4-7H,1-3H3,(H,18,21). The zero-order chi connectivity index (χ0) is 15.7. The molecule has 0 aliphatic carbocycles. The van der Waals surface area contributed by atoms with E-state index in [9.17, 15) is 4.79 Å². The Kier molecular flexibility index (Phi) is 3.42. The van der Waals surface area contributed by atoms with Gasteiger partial charge in [0.25, 0.3) is 11.9 Å². The fourth-order valence-electron chi connectivity index (χ4n) is 1.94. The number of carbonyl (C=O) groups excluding carboxylic acids is 1. The van der Waals surface area contributed by atoms with E-state index in [2.05, 4.69) is 25.5 Å². The number of nitrogens with one attached hydrogen (secondary N) is 1. The minimum Gasteiger partial charge on any atom is -0.351 e. The van der Waals surface area contributed by atoms with Crippen LogP contribution in [0.4, 0.5) is 5.69 Å². The molecule has 3 rings (SSSR count). The number of aryl methyl sites for hydroxylation is 1. The number of anilines is 1. The zero-order valence-corrected chi connectivity index (χ0v) is 12.4. The Morgan fingerprint density at radius 2 is 1.95 bits per heavy atom. The molecule has 0 radical (unpaired) electrons. The molecule has 0 bridgehead atoms. The fraction of sp³-hybridized carbons (Fsp3) is 0.214. The van der Waals surface area contributed by atoms with Crippen molar-refractivity contribution in [2.75, 3.05) is 5.32 Å². The van der Waals surface area contributed by atoms with Gasteiger partial charge in [0.15, 0.2) is 0 Å². The van der Waals surface area contributed by atoms with Crippen LogP contribution in [0.2, 0.25) is 0 Å². The number of carbonyl (C=O) groups is 1. The van der Waals surface area contributed by atoms with E-state index in [0.29, 0.717) is 11.6 Å². The molecule has 0 aliphatic rings. The van der Waals surface area contributed by atoms with E-state index >= 15 is 0 Å². The van der Waals surface area contributed by atoms with Crippen molar-refractivity contribution in [1.82, 2.24) is 24.9 Å². The van der Waals surface area contributed by atoms with Crippen LogP contribution in [0.15, 0.2) is 29.2 Å². The first-order valence-corrected chi connectivity index (χ1v) is 6.63. The molecule has 0 atom stereocenters. The van der Waals surface area contributed by atoms with Crippen LogP contribution in [0.3, 0.4) is 0 Å². The molecule has 0 saturated carbocycles. The van der Waals surface area contributed by atoms with Gasteiger partial charge in [-0.3, -0.25) is 4.79 Å². The van der Waals surface area contributed by atoms with Gasteiger partial charge in [-0.1, -0.05) is 5.16 Å². The normalized spacial score (nSPS) is 10.7. The van der Waals surface area contributed by atoms with E-state index in [1.54, 1.807) is 4.68 Å². The summed E-state index contributed by atoms with van der Waals surface area (Å²) in [4.78, 5) is 20.3. The van der Waals surface area contributed by atoms with Crippen molar-refractivity contribution in [3.05, 3.63) is 47.4 Å². The summed E-state index contributed by atoms with van der Waals surface area (Å²) >= 11 is 0. The first-order valence-electron chi connectivity index (χ1n) is 6.63.